The number of hydrogen-bond donors (Lipinski definition) is 1. The summed E-state index contributed by atoms with van der Waals surface area (Å²) in [6.07, 6.45) is 6.40. The molecule has 0 saturated carbocycles. The van der Waals surface area contributed by atoms with E-state index in [2.05, 4.69) is 17.5 Å². The fraction of sp³-hybridized carbons (Fsp3) is 0.250. The second-order valence-corrected chi connectivity index (χ2v) is 6.70. The van der Waals surface area contributed by atoms with E-state index >= 15 is 0 Å². The zero-order valence-corrected chi connectivity index (χ0v) is 16.2. The SMILES string of the molecule is CCCCCCOc1ccc(/C=N/NC(=O)c2cccc3ccccc23)cc1. The van der Waals surface area contributed by atoms with E-state index in [1.807, 2.05) is 60.7 Å². The van der Waals surface area contributed by atoms with Gasteiger partial charge in [-0.3, -0.25) is 4.79 Å². The third-order valence-electron chi connectivity index (χ3n) is 4.56. The van der Waals surface area contributed by atoms with Crippen molar-refractivity contribution in [3.63, 3.8) is 0 Å². The van der Waals surface area contributed by atoms with Gasteiger partial charge in [-0.25, -0.2) is 5.43 Å². The number of benzene rings is 3. The van der Waals surface area contributed by atoms with Crippen LogP contribution in [0.2, 0.25) is 0 Å². The number of carbonyl (C=O) groups is 1. The first-order chi connectivity index (χ1) is 13.8. The zero-order valence-electron chi connectivity index (χ0n) is 16.2. The first-order valence-corrected chi connectivity index (χ1v) is 9.82. The van der Waals surface area contributed by atoms with E-state index in [1.165, 1.54) is 19.3 Å². The number of unbranched alkanes of at least 4 members (excludes halogenated alkanes) is 3. The monoisotopic (exact) mass is 374 g/mol. The Balaban J connectivity index is 1.53. The van der Waals surface area contributed by atoms with Gasteiger partial charge in [0, 0.05) is 5.56 Å². The highest BCUT2D eigenvalue weighted by Gasteiger charge is 2.08. The van der Waals surface area contributed by atoms with Crippen molar-refractivity contribution in [3.05, 3.63) is 77.9 Å². The summed E-state index contributed by atoms with van der Waals surface area (Å²) in [6.45, 7) is 2.94. The molecule has 0 saturated heterocycles. The van der Waals surface area contributed by atoms with Crippen molar-refractivity contribution in [1.82, 2.24) is 5.43 Å². The number of nitrogens with one attached hydrogen (secondary N) is 1. The lowest BCUT2D eigenvalue weighted by atomic mass is 10.0. The maximum absolute atomic E-state index is 12.5. The Morgan fingerprint density at radius 2 is 1.75 bits per heavy atom. The molecule has 28 heavy (non-hydrogen) atoms. The lowest BCUT2D eigenvalue weighted by molar-refractivity contribution is 0.0957. The van der Waals surface area contributed by atoms with Crippen molar-refractivity contribution >= 4 is 22.9 Å². The highest BCUT2D eigenvalue weighted by Crippen LogP contribution is 2.18. The zero-order chi connectivity index (χ0) is 19.6. The summed E-state index contributed by atoms with van der Waals surface area (Å²) in [5.41, 5.74) is 4.12. The minimum absolute atomic E-state index is 0.222. The van der Waals surface area contributed by atoms with Gasteiger partial charge in [0.15, 0.2) is 0 Å². The molecule has 0 bridgehead atoms. The molecule has 144 valence electrons. The van der Waals surface area contributed by atoms with Crippen LogP contribution in [0, 0.1) is 0 Å². The minimum Gasteiger partial charge on any atom is -0.494 e. The normalized spacial score (nSPS) is 11.0. The molecule has 0 radical (unpaired) electrons. The molecular weight excluding hydrogens is 348 g/mol. The summed E-state index contributed by atoms with van der Waals surface area (Å²) in [6, 6.07) is 21.2. The van der Waals surface area contributed by atoms with Crippen molar-refractivity contribution in [3.8, 4) is 5.75 Å². The largest absolute Gasteiger partial charge is 0.494 e. The molecule has 0 unspecified atom stereocenters. The molecule has 3 rings (SSSR count). The molecule has 0 aromatic heterocycles. The molecule has 1 amide bonds. The van der Waals surface area contributed by atoms with Gasteiger partial charge < -0.3 is 4.74 Å². The average Bonchev–Trinajstić information content (AvgIpc) is 2.74. The van der Waals surface area contributed by atoms with Crippen LogP contribution in [0.15, 0.2) is 71.8 Å². The fourth-order valence-electron chi connectivity index (χ4n) is 3.02. The highest BCUT2D eigenvalue weighted by atomic mass is 16.5. The van der Waals surface area contributed by atoms with Gasteiger partial charge in [-0.15, -0.1) is 0 Å². The summed E-state index contributed by atoms with van der Waals surface area (Å²) in [5, 5.41) is 6.03. The minimum atomic E-state index is -0.222. The molecule has 3 aromatic rings. The van der Waals surface area contributed by atoms with Crippen molar-refractivity contribution in [2.24, 2.45) is 5.10 Å². The molecule has 0 aliphatic carbocycles. The maximum atomic E-state index is 12.5. The van der Waals surface area contributed by atoms with E-state index in [-0.39, 0.29) is 5.91 Å². The fourth-order valence-corrected chi connectivity index (χ4v) is 3.02. The third kappa shape index (κ3) is 5.43. The number of nitrogens with zero attached hydrogens (tertiary/aromatic N) is 1. The smallest absolute Gasteiger partial charge is 0.271 e. The van der Waals surface area contributed by atoms with Gasteiger partial charge in [0.25, 0.3) is 5.91 Å². The summed E-state index contributed by atoms with van der Waals surface area (Å²) in [5.74, 6) is 0.633. The van der Waals surface area contributed by atoms with Crippen LogP contribution in [0.4, 0.5) is 0 Å². The predicted octanol–water partition coefficient (Wildman–Crippen LogP) is 5.56. The Bertz CT molecular complexity index is 927. The van der Waals surface area contributed by atoms with Crippen LogP contribution in [-0.4, -0.2) is 18.7 Å². The van der Waals surface area contributed by atoms with E-state index < -0.39 is 0 Å². The van der Waals surface area contributed by atoms with Crippen molar-refractivity contribution < 1.29 is 9.53 Å². The summed E-state index contributed by atoms with van der Waals surface area (Å²) < 4.78 is 5.73. The quantitative estimate of drug-likeness (QED) is 0.303. The third-order valence-corrected chi connectivity index (χ3v) is 4.56. The Hall–Kier alpha value is -3.14. The molecular formula is C24H26N2O2. The number of amides is 1. The van der Waals surface area contributed by atoms with Crippen LogP contribution >= 0.6 is 0 Å². The van der Waals surface area contributed by atoms with Gasteiger partial charge in [-0.1, -0.05) is 62.6 Å². The van der Waals surface area contributed by atoms with E-state index in [9.17, 15) is 4.79 Å². The molecule has 0 aliphatic rings. The molecule has 0 heterocycles. The Morgan fingerprint density at radius 3 is 2.57 bits per heavy atom. The number of hydrazone groups is 1. The van der Waals surface area contributed by atoms with Crippen LogP contribution < -0.4 is 10.2 Å². The van der Waals surface area contributed by atoms with Crippen molar-refractivity contribution in [2.75, 3.05) is 6.61 Å². The molecule has 0 spiro atoms. The average molecular weight is 374 g/mol. The summed E-state index contributed by atoms with van der Waals surface area (Å²) >= 11 is 0. The maximum Gasteiger partial charge on any atom is 0.271 e. The summed E-state index contributed by atoms with van der Waals surface area (Å²) in [7, 11) is 0. The van der Waals surface area contributed by atoms with Crippen LogP contribution in [0.3, 0.4) is 0 Å². The van der Waals surface area contributed by atoms with Gasteiger partial charge in [-0.2, -0.15) is 5.10 Å². The Morgan fingerprint density at radius 1 is 0.964 bits per heavy atom. The topological polar surface area (TPSA) is 50.7 Å². The Labute approximate surface area is 166 Å². The summed E-state index contributed by atoms with van der Waals surface area (Å²) in [4.78, 5) is 12.5. The van der Waals surface area contributed by atoms with E-state index in [4.69, 9.17) is 4.74 Å². The standard InChI is InChI=1S/C24H26N2O2/c1-2-3-4-7-17-28-21-15-13-19(14-16-21)18-25-26-24(27)23-12-8-10-20-9-5-6-11-22(20)23/h5-6,8-16,18H,2-4,7,17H2,1H3,(H,26,27)/b25-18+. The second kappa shape index (κ2) is 10.3. The van der Waals surface area contributed by atoms with Gasteiger partial charge in [0.1, 0.15) is 5.75 Å². The van der Waals surface area contributed by atoms with Gasteiger partial charge in [0.05, 0.1) is 12.8 Å². The lowest BCUT2D eigenvalue weighted by Gasteiger charge is -2.06. The second-order valence-electron chi connectivity index (χ2n) is 6.70. The molecule has 0 fully saturated rings. The first-order valence-electron chi connectivity index (χ1n) is 9.82. The number of hydrogen-bond acceptors (Lipinski definition) is 3. The van der Waals surface area contributed by atoms with E-state index in [1.54, 1.807) is 12.3 Å². The predicted molar refractivity (Wildman–Crippen MR) is 115 cm³/mol. The molecule has 0 aliphatic heterocycles. The number of carbonyl (C=O) groups excluding carboxylic acids is 1. The van der Waals surface area contributed by atoms with Crippen LogP contribution in [0.5, 0.6) is 5.75 Å². The van der Waals surface area contributed by atoms with Crippen LogP contribution in [-0.2, 0) is 0 Å². The molecule has 4 nitrogen and oxygen atoms in total. The molecule has 3 aromatic carbocycles. The number of ether oxygens (including phenoxy) is 1. The van der Waals surface area contributed by atoms with Gasteiger partial charge in [0.2, 0.25) is 0 Å². The van der Waals surface area contributed by atoms with E-state index in [0.29, 0.717) is 5.56 Å². The Kier molecular flexibility index (Phi) is 7.19. The molecule has 1 N–H and O–H groups in total. The van der Waals surface area contributed by atoms with Gasteiger partial charge >= 0.3 is 0 Å². The van der Waals surface area contributed by atoms with Crippen molar-refractivity contribution in [2.45, 2.75) is 32.6 Å². The highest BCUT2D eigenvalue weighted by molar-refractivity contribution is 6.07. The first kappa shape index (κ1) is 19.6. The molecule has 4 heteroatoms. The van der Waals surface area contributed by atoms with Crippen molar-refractivity contribution in [1.29, 1.82) is 0 Å². The van der Waals surface area contributed by atoms with E-state index in [0.717, 1.165) is 35.1 Å². The van der Waals surface area contributed by atoms with Crippen LogP contribution in [0.25, 0.3) is 10.8 Å². The number of rotatable bonds is 9. The number of fused-ring (bicyclic) bond motifs is 1. The molecule has 0 atom stereocenters. The van der Waals surface area contributed by atoms with Gasteiger partial charge in [-0.05, 0) is 53.1 Å². The van der Waals surface area contributed by atoms with Crippen LogP contribution in [0.1, 0.15) is 48.5 Å². The lowest BCUT2D eigenvalue weighted by Crippen LogP contribution is -2.17.